The van der Waals surface area contributed by atoms with Crippen LogP contribution in [-0.4, -0.2) is 16.3 Å². The van der Waals surface area contributed by atoms with Crippen LogP contribution in [-0.2, 0) is 6.42 Å². The Bertz CT molecular complexity index is 474. The lowest BCUT2D eigenvalue weighted by Gasteiger charge is -2.04. The predicted octanol–water partition coefficient (Wildman–Crippen LogP) is 2.44. The van der Waals surface area contributed by atoms with E-state index in [-0.39, 0.29) is 0 Å². The van der Waals surface area contributed by atoms with Crippen molar-refractivity contribution in [1.29, 1.82) is 0 Å². The third-order valence-electron chi connectivity index (χ3n) is 2.47. The van der Waals surface area contributed by atoms with Gasteiger partial charge in [-0.2, -0.15) is 5.10 Å². The Morgan fingerprint density at radius 2 is 2.00 bits per heavy atom. The molecule has 84 valence electrons. The zero-order valence-electron chi connectivity index (χ0n) is 9.15. The summed E-state index contributed by atoms with van der Waals surface area (Å²) in [6.45, 7) is 2.71. The first-order valence-electron chi connectivity index (χ1n) is 5.22. The molecular weight excluding hydrogens is 266 g/mol. The summed E-state index contributed by atoms with van der Waals surface area (Å²) in [5.41, 5.74) is 8.98. The van der Waals surface area contributed by atoms with Crippen molar-refractivity contribution in [2.75, 3.05) is 6.54 Å². The fourth-order valence-electron chi connectivity index (χ4n) is 1.56. The van der Waals surface area contributed by atoms with Gasteiger partial charge in [-0.1, -0.05) is 17.7 Å². The highest BCUT2D eigenvalue weighted by atomic mass is 79.9. The molecule has 0 saturated carbocycles. The van der Waals surface area contributed by atoms with E-state index in [0.717, 1.165) is 22.3 Å². The van der Waals surface area contributed by atoms with Gasteiger partial charge in [-0.25, -0.2) is 4.68 Å². The Morgan fingerprint density at radius 1 is 1.31 bits per heavy atom. The topological polar surface area (TPSA) is 43.8 Å². The maximum absolute atomic E-state index is 5.54. The summed E-state index contributed by atoms with van der Waals surface area (Å²) in [5, 5.41) is 4.35. The van der Waals surface area contributed by atoms with Crippen molar-refractivity contribution in [2.24, 2.45) is 5.73 Å². The molecule has 0 saturated heterocycles. The molecule has 1 heterocycles. The highest BCUT2D eigenvalue weighted by molar-refractivity contribution is 9.10. The Hall–Kier alpha value is -1.13. The van der Waals surface area contributed by atoms with Gasteiger partial charge in [0.2, 0.25) is 0 Å². The van der Waals surface area contributed by atoms with E-state index in [1.54, 1.807) is 0 Å². The molecule has 0 amide bonds. The lowest BCUT2D eigenvalue weighted by atomic mass is 10.2. The molecule has 0 unspecified atom stereocenters. The first-order chi connectivity index (χ1) is 7.72. The highest BCUT2D eigenvalue weighted by Gasteiger charge is 2.08. The van der Waals surface area contributed by atoms with Gasteiger partial charge in [-0.3, -0.25) is 0 Å². The Labute approximate surface area is 103 Å². The lowest BCUT2D eigenvalue weighted by molar-refractivity contribution is 0.856. The monoisotopic (exact) mass is 279 g/mol. The van der Waals surface area contributed by atoms with Crippen LogP contribution in [0, 0.1) is 6.92 Å². The van der Waals surface area contributed by atoms with Gasteiger partial charge in [0, 0.05) is 5.56 Å². The molecule has 1 aromatic carbocycles. The molecule has 0 atom stereocenters. The molecule has 2 rings (SSSR count). The van der Waals surface area contributed by atoms with Crippen LogP contribution < -0.4 is 5.73 Å². The number of aryl methyl sites for hydroxylation is 1. The van der Waals surface area contributed by atoms with Gasteiger partial charge >= 0.3 is 0 Å². The maximum atomic E-state index is 5.54. The molecular formula is C12H14BrN3. The molecule has 0 spiro atoms. The fourth-order valence-corrected chi connectivity index (χ4v) is 2.15. The van der Waals surface area contributed by atoms with Crippen molar-refractivity contribution in [1.82, 2.24) is 9.78 Å². The van der Waals surface area contributed by atoms with Crippen molar-refractivity contribution < 1.29 is 0 Å². The SMILES string of the molecule is Cc1ccc(-n2ncc(CCN)c2Br)cc1. The molecule has 0 aliphatic carbocycles. The first kappa shape index (κ1) is 11.4. The van der Waals surface area contributed by atoms with E-state index < -0.39 is 0 Å². The third kappa shape index (κ3) is 2.18. The quantitative estimate of drug-likeness (QED) is 0.938. The second kappa shape index (κ2) is 4.80. The molecule has 1 aromatic heterocycles. The standard InChI is InChI=1S/C12H14BrN3/c1-9-2-4-11(5-3-9)16-12(13)10(6-7-14)8-15-16/h2-5,8H,6-7,14H2,1H3. The van der Waals surface area contributed by atoms with Crippen molar-refractivity contribution in [3.05, 3.63) is 46.2 Å². The fraction of sp³-hybridized carbons (Fsp3) is 0.250. The number of rotatable bonds is 3. The van der Waals surface area contributed by atoms with Gasteiger partial charge in [-0.15, -0.1) is 0 Å². The molecule has 0 aliphatic rings. The Morgan fingerprint density at radius 3 is 2.62 bits per heavy atom. The van der Waals surface area contributed by atoms with E-state index in [2.05, 4.69) is 52.2 Å². The van der Waals surface area contributed by atoms with Crippen LogP contribution >= 0.6 is 15.9 Å². The van der Waals surface area contributed by atoms with Crippen molar-refractivity contribution in [3.63, 3.8) is 0 Å². The second-order valence-electron chi connectivity index (χ2n) is 3.75. The predicted molar refractivity (Wildman–Crippen MR) is 68.8 cm³/mol. The molecule has 0 aliphatic heterocycles. The van der Waals surface area contributed by atoms with Gasteiger partial charge in [0.25, 0.3) is 0 Å². The second-order valence-corrected chi connectivity index (χ2v) is 4.50. The average molecular weight is 280 g/mol. The summed E-state index contributed by atoms with van der Waals surface area (Å²) in [4.78, 5) is 0. The largest absolute Gasteiger partial charge is 0.330 e. The van der Waals surface area contributed by atoms with Gasteiger partial charge in [0.05, 0.1) is 11.9 Å². The summed E-state index contributed by atoms with van der Waals surface area (Å²) < 4.78 is 2.87. The van der Waals surface area contributed by atoms with E-state index in [0.29, 0.717) is 6.54 Å². The number of benzene rings is 1. The first-order valence-corrected chi connectivity index (χ1v) is 6.01. The molecule has 3 nitrogen and oxygen atoms in total. The summed E-state index contributed by atoms with van der Waals surface area (Å²) in [6, 6.07) is 8.26. The Kier molecular flexibility index (Phi) is 3.41. The Balaban J connectivity index is 2.37. The normalized spacial score (nSPS) is 10.7. The number of hydrogen-bond acceptors (Lipinski definition) is 2. The molecule has 0 bridgehead atoms. The third-order valence-corrected chi connectivity index (χ3v) is 3.32. The number of nitrogens with two attached hydrogens (primary N) is 1. The van der Waals surface area contributed by atoms with Crippen LogP contribution in [0.15, 0.2) is 35.1 Å². The summed E-state index contributed by atoms with van der Waals surface area (Å²) in [5.74, 6) is 0. The van der Waals surface area contributed by atoms with Crippen molar-refractivity contribution in [3.8, 4) is 5.69 Å². The van der Waals surface area contributed by atoms with Crippen LogP contribution in [0.4, 0.5) is 0 Å². The van der Waals surface area contributed by atoms with Gasteiger partial charge < -0.3 is 5.73 Å². The maximum Gasteiger partial charge on any atom is 0.113 e. The number of aromatic nitrogens is 2. The molecule has 4 heteroatoms. The number of halogens is 1. The van der Waals surface area contributed by atoms with E-state index in [1.165, 1.54) is 5.56 Å². The number of hydrogen-bond donors (Lipinski definition) is 1. The zero-order valence-corrected chi connectivity index (χ0v) is 10.7. The van der Waals surface area contributed by atoms with E-state index >= 15 is 0 Å². The highest BCUT2D eigenvalue weighted by Crippen LogP contribution is 2.21. The molecule has 2 aromatic rings. The zero-order chi connectivity index (χ0) is 11.5. The lowest BCUT2D eigenvalue weighted by Crippen LogP contribution is -2.03. The molecule has 16 heavy (non-hydrogen) atoms. The summed E-state index contributed by atoms with van der Waals surface area (Å²) >= 11 is 3.55. The van der Waals surface area contributed by atoms with Crippen LogP contribution in [0.3, 0.4) is 0 Å². The minimum absolute atomic E-state index is 0.637. The van der Waals surface area contributed by atoms with Gasteiger partial charge in [0.15, 0.2) is 0 Å². The molecule has 2 N–H and O–H groups in total. The van der Waals surface area contributed by atoms with E-state index in [1.807, 2.05) is 10.9 Å². The van der Waals surface area contributed by atoms with Gasteiger partial charge in [-0.05, 0) is 48.0 Å². The summed E-state index contributed by atoms with van der Waals surface area (Å²) in [7, 11) is 0. The average Bonchev–Trinajstić information content (AvgIpc) is 2.63. The van der Waals surface area contributed by atoms with Crippen LogP contribution in [0.5, 0.6) is 0 Å². The minimum atomic E-state index is 0.637. The van der Waals surface area contributed by atoms with E-state index in [9.17, 15) is 0 Å². The smallest absolute Gasteiger partial charge is 0.113 e. The van der Waals surface area contributed by atoms with Crippen LogP contribution in [0.2, 0.25) is 0 Å². The van der Waals surface area contributed by atoms with Crippen molar-refractivity contribution in [2.45, 2.75) is 13.3 Å². The summed E-state index contributed by atoms with van der Waals surface area (Å²) in [6.07, 6.45) is 2.70. The van der Waals surface area contributed by atoms with Gasteiger partial charge in [0.1, 0.15) is 4.60 Å². The molecule has 0 radical (unpaired) electrons. The van der Waals surface area contributed by atoms with Crippen molar-refractivity contribution >= 4 is 15.9 Å². The minimum Gasteiger partial charge on any atom is -0.330 e. The number of nitrogens with zero attached hydrogens (tertiary/aromatic N) is 2. The van der Waals surface area contributed by atoms with Crippen LogP contribution in [0.1, 0.15) is 11.1 Å². The molecule has 0 fully saturated rings. The van der Waals surface area contributed by atoms with Crippen LogP contribution in [0.25, 0.3) is 5.69 Å². The van der Waals surface area contributed by atoms with E-state index in [4.69, 9.17) is 5.73 Å².